The average Bonchev–Trinajstić information content (AvgIpc) is 3.44. The van der Waals surface area contributed by atoms with Crippen molar-refractivity contribution in [3.05, 3.63) is 80.7 Å². The molecule has 36 heavy (non-hydrogen) atoms. The van der Waals surface area contributed by atoms with E-state index < -0.39 is 16.8 Å². The lowest BCUT2D eigenvalue weighted by atomic mass is 10.1. The van der Waals surface area contributed by atoms with Crippen LogP contribution in [0, 0.1) is 24.0 Å². The Labute approximate surface area is 201 Å². The fourth-order valence-electron chi connectivity index (χ4n) is 3.10. The van der Waals surface area contributed by atoms with Gasteiger partial charge in [-0.2, -0.15) is 9.78 Å². The molecular formula is C21H17N9O6. The van der Waals surface area contributed by atoms with E-state index in [0.717, 1.165) is 4.68 Å². The van der Waals surface area contributed by atoms with E-state index in [2.05, 4.69) is 35.8 Å². The molecule has 1 amide bonds. The predicted octanol–water partition coefficient (Wildman–Crippen LogP) is 1.74. The Morgan fingerprint density at radius 1 is 1.19 bits per heavy atom. The number of anilines is 1. The van der Waals surface area contributed by atoms with Gasteiger partial charge in [0.05, 0.1) is 22.4 Å². The summed E-state index contributed by atoms with van der Waals surface area (Å²) in [5, 5.41) is 29.5. The summed E-state index contributed by atoms with van der Waals surface area (Å²) in [6, 6.07) is 10.2. The minimum absolute atomic E-state index is 0.0127. The number of benzene rings is 2. The second kappa shape index (κ2) is 9.80. The van der Waals surface area contributed by atoms with Crippen molar-refractivity contribution in [2.75, 3.05) is 5.73 Å². The predicted molar refractivity (Wildman–Crippen MR) is 123 cm³/mol. The van der Waals surface area contributed by atoms with Crippen LogP contribution in [0.3, 0.4) is 0 Å². The smallest absolute Gasteiger partial charge is 0.343 e. The maximum Gasteiger partial charge on any atom is 0.343 e. The van der Waals surface area contributed by atoms with Gasteiger partial charge in [0.15, 0.2) is 5.69 Å². The van der Waals surface area contributed by atoms with E-state index in [0.29, 0.717) is 16.8 Å². The lowest BCUT2D eigenvalue weighted by molar-refractivity contribution is -0.385. The standard InChI is InChI=1S/C21H17N9O6/c1-11-9-14(5-8-16(11)30(33)34)21(32)35-15-6-3-13(4-7-15)10-23-25-20(31)17-12(2)24-28-29(17)19-18(22)26-36-27-19/h3-10H,1-2H3,(H2,22,26)(H,25,31)/b23-10+. The second-order valence-electron chi connectivity index (χ2n) is 7.32. The number of nitro groups is 1. The summed E-state index contributed by atoms with van der Waals surface area (Å²) >= 11 is 0. The monoisotopic (exact) mass is 491 g/mol. The number of nitro benzene ring substituents is 1. The van der Waals surface area contributed by atoms with Crippen LogP contribution in [0.25, 0.3) is 5.82 Å². The van der Waals surface area contributed by atoms with Gasteiger partial charge in [0, 0.05) is 11.6 Å². The number of esters is 1. The first-order valence-corrected chi connectivity index (χ1v) is 10.2. The van der Waals surface area contributed by atoms with Gasteiger partial charge in [0.25, 0.3) is 11.6 Å². The van der Waals surface area contributed by atoms with E-state index in [1.54, 1.807) is 19.1 Å². The van der Waals surface area contributed by atoms with Crippen LogP contribution in [-0.4, -0.2) is 48.3 Å². The quantitative estimate of drug-likeness (QED) is 0.125. The first-order valence-electron chi connectivity index (χ1n) is 10.2. The molecule has 0 bridgehead atoms. The van der Waals surface area contributed by atoms with Gasteiger partial charge in [0.1, 0.15) is 5.75 Å². The van der Waals surface area contributed by atoms with Gasteiger partial charge >= 0.3 is 5.97 Å². The SMILES string of the molecule is Cc1cc(C(=O)Oc2ccc(/C=N/NC(=O)c3c(C)nnn3-c3nonc3N)cc2)ccc1[N+](=O)[O-]. The second-order valence-corrected chi connectivity index (χ2v) is 7.32. The molecule has 4 aromatic rings. The largest absolute Gasteiger partial charge is 0.423 e. The van der Waals surface area contributed by atoms with E-state index in [9.17, 15) is 19.7 Å². The number of nitrogen functional groups attached to an aromatic ring is 1. The Kier molecular flexibility index (Phi) is 6.44. The van der Waals surface area contributed by atoms with Crippen LogP contribution in [0.4, 0.5) is 11.5 Å². The maximum absolute atomic E-state index is 12.6. The zero-order valence-electron chi connectivity index (χ0n) is 18.8. The summed E-state index contributed by atoms with van der Waals surface area (Å²) in [5.74, 6) is -1.09. The number of nitrogens with zero attached hydrogens (tertiary/aromatic N) is 7. The first kappa shape index (κ1) is 23.7. The molecule has 0 radical (unpaired) electrons. The molecule has 2 heterocycles. The number of aromatic nitrogens is 5. The third kappa shape index (κ3) is 4.89. The van der Waals surface area contributed by atoms with Crippen LogP contribution in [0.5, 0.6) is 5.75 Å². The summed E-state index contributed by atoms with van der Waals surface area (Å²) in [5.41, 5.74) is 9.39. The number of nitrogens with one attached hydrogen (secondary N) is 1. The molecule has 0 spiro atoms. The van der Waals surface area contributed by atoms with Crippen molar-refractivity contribution < 1.29 is 23.9 Å². The molecule has 0 atom stereocenters. The van der Waals surface area contributed by atoms with Gasteiger partial charge < -0.3 is 10.5 Å². The normalized spacial score (nSPS) is 10.9. The van der Waals surface area contributed by atoms with Crippen LogP contribution in [-0.2, 0) is 0 Å². The van der Waals surface area contributed by atoms with E-state index >= 15 is 0 Å². The van der Waals surface area contributed by atoms with E-state index in [1.165, 1.54) is 43.5 Å². The van der Waals surface area contributed by atoms with Gasteiger partial charge in [-0.1, -0.05) is 5.21 Å². The number of carbonyl (C=O) groups is 2. The number of nitrogens with two attached hydrogens (primary N) is 1. The summed E-state index contributed by atoms with van der Waals surface area (Å²) in [4.78, 5) is 35.4. The van der Waals surface area contributed by atoms with Crippen LogP contribution < -0.4 is 15.9 Å². The van der Waals surface area contributed by atoms with Crippen molar-refractivity contribution in [3.8, 4) is 11.6 Å². The van der Waals surface area contributed by atoms with Gasteiger partial charge in [-0.3, -0.25) is 14.9 Å². The number of hydrazone groups is 1. The van der Waals surface area contributed by atoms with Crippen LogP contribution in [0.2, 0.25) is 0 Å². The van der Waals surface area contributed by atoms with E-state index in [4.69, 9.17) is 10.5 Å². The molecule has 4 rings (SSSR count). The highest BCUT2D eigenvalue weighted by molar-refractivity contribution is 5.95. The lowest BCUT2D eigenvalue weighted by Crippen LogP contribution is -2.22. The summed E-state index contributed by atoms with van der Waals surface area (Å²) in [7, 11) is 0. The topological polar surface area (TPSA) is 207 Å². The lowest BCUT2D eigenvalue weighted by Gasteiger charge is -2.06. The zero-order chi connectivity index (χ0) is 25.8. The van der Waals surface area contributed by atoms with Crippen LogP contribution in [0.1, 0.15) is 37.7 Å². The molecule has 2 aromatic heterocycles. The van der Waals surface area contributed by atoms with E-state index in [1.807, 2.05) is 0 Å². The molecular weight excluding hydrogens is 474 g/mol. The number of rotatable bonds is 7. The average molecular weight is 491 g/mol. The Bertz CT molecular complexity index is 1490. The molecule has 0 saturated carbocycles. The first-order chi connectivity index (χ1) is 17.2. The molecule has 182 valence electrons. The van der Waals surface area contributed by atoms with Crippen molar-refractivity contribution in [1.82, 2.24) is 30.7 Å². The number of amides is 1. The molecule has 0 aliphatic heterocycles. The fraction of sp³-hybridized carbons (Fsp3) is 0.0952. The van der Waals surface area contributed by atoms with Crippen molar-refractivity contribution >= 4 is 29.6 Å². The molecule has 15 heteroatoms. The molecule has 3 N–H and O–H groups in total. The van der Waals surface area contributed by atoms with Crippen molar-refractivity contribution in [3.63, 3.8) is 0 Å². The molecule has 15 nitrogen and oxygen atoms in total. The number of carbonyl (C=O) groups excluding carboxylic acids is 2. The van der Waals surface area contributed by atoms with Gasteiger partial charge in [-0.05, 0) is 66.1 Å². The molecule has 0 aliphatic rings. The maximum atomic E-state index is 12.6. The Hall–Kier alpha value is -5.47. The molecule has 0 fully saturated rings. The summed E-state index contributed by atoms with van der Waals surface area (Å²) in [6.45, 7) is 3.11. The van der Waals surface area contributed by atoms with Crippen molar-refractivity contribution in [2.24, 2.45) is 5.10 Å². The van der Waals surface area contributed by atoms with Gasteiger partial charge in [0.2, 0.25) is 11.6 Å². The minimum Gasteiger partial charge on any atom is -0.423 e. The third-order valence-corrected chi connectivity index (χ3v) is 4.85. The Morgan fingerprint density at radius 2 is 1.94 bits per heavy atom. The number of aryl methyl sites for hydroxylation is 2. The van der Waals surface area contributed by atoms with Crippen molar-refractivity contribution in [2.45, 2.75) is 13.8 Å². The third-order valence-electron chi connectivity index (χ3n) is 4.85. The van der Waals surface area contributed by atoms with Gasteiger partial charge in [-0.15, -0.1) is 5.10 Å². The molecule has 0 aliphatic carbocycles. The Morgan fingerprint density at radius 3 is 2.58 bits per heavy atom. The summed E-state index contributed by atoms with van der Waals surface area (Å²) in [6.07, 6.45) is 1.37. The molecule has 2 aromatic carbocycles. The van der Waals surface area contributed by atoms with E-state index in [-0.39, 0.29) is 34.3 Å². The highest BCUT2D eigenvalue weighted by Crippen LogP contribution is 2.20. The van der Waals surface area contributed by atoms with Gasteiger partial charge in [-0.25, -0.2) is 14.8 Å². The number of ether oxygens (including phenoxy) is 1. The Balaban J connectivity index is 1.39. The number of hydrogen-bond acceptors (Lipinski definition) is 12. The fourth-order valence-corrected chi connectivity index (χ4v) is 3.10. The molecule has 0 saturated heterocycles. The highest BCUT2D eigenvalue weighted by Gasteiger charge is 2.22. The zero-order valence-corrected chi connectivity index (χ0v) is 18.8. The highest BCUT2D eigenvalue weighted by atomic mass is 16.6. The minimum atomic E-state index is -0.662. The summed E-state index contributed by atoms with van der Waals surface area (Å²) < 4.78 is 10.9. The molecule has 0 unspecified atom stereocenters. The van der Waals surface area contributed by atoms with Crippen LogP contribution >= 0.6 is 0 Å². The number of hydrogen-bond donors (Lipinski definition) is 2. The van der Waals surface area contributed by atoms with Crippen molar-refractivity contribution in [1.29, 1.82) is 0 Å². The van der Waals surface area contributed by atoms with Crippen LogP contribution in [0.15, 0.2) is 52.2 Å².